The van der Waals surface area contributed by atoms with Crippen LogP contribution >= 0.6 is 0 Å². The van der Waals surface area contributed by atoms with Gasteiger partial charge in [0.2, 0.25) is 0 Å². The van der Waals surface area contributed by atoms with E-state index in [1.54, 1.807) is 7.05 Å². The summed E-state index contributed by atoms with van der Waals surface area (Å²) in [4.78, 5) is 4.20. The Labute approximate surface area is 170 Å². The highest BCUT2D eigenvalue weighted by Gasteiger charge is 2.50. The molecule has 1 fully saturated rings. The number of benzene rings is 1. The van der Waals surface area contributed by atoms with Gasteiger partial charge in [-0.05, 0) is 24.3 Å². The van der Waals surface area contributed by atoms with Crippen molar-refractivity contribution in [3.05, 3.63) is 35.9 Å². The van der Waals surface area contributed by atoms with Gasteiger partial charge in [0, 0.05) is 38.6 Å². The summed E-state index contributed by atoms with van der Waals surface area (Å²) in [5.41, 5.74) is -4.04. The number of aliphatic imine (C=N–C) groups is 1. The van der Waals surface area contributed by atoms with E-state index >= 15 is 0 Å². The number of halogens is 3. The highest BCUT2D eigenvalue weighted by molar-refractivity contribution is 7.90. The van der Waals surface area contributed by atoms with E-state index in [1.807, 2.05) is 18.2 Å². The summed E-state index contributed by atoms with van der Waals surface area (Å²) in [7, 11) is -3.63. The lowest BCUT2D eigenvalue weighted by atomic mass is 9.88. The van der Waals surface area contributed by atoms with E-state index in [2.05, 4.69) is 41.6 Å². The molecule has 10 heteroatoms. The van der Waals surface area contributed by atoms with Crippen molar-refractivity contribution in [2.45, 2.75) is 44.2 Å². The van der Waals surface area contributed by atoms with Crippen LogP contribution in [0.15, 0.2) is 35.3 Å². The third-order valence-electron chi connectivity index (χ3n) is 5.17. The van der Waals surface area contributed by atoms with Gasteiger partial charge in [0.1, 0.15) is 0 Å². The van der Waals surface area contributed by atoms with Crippen LogP contribution in [0.4, 0.5) is 13.2 Å². The molecule has 1 aromatic carbocycles. The summed E-state index contributed by atoms with van der Waals surface area (Å²) < 4.78 is 61.6. The Bertz CT molecular complexity index is 774. The summed E-state index contributed by atoms with van der Waals surface area (Å²) in [6.45, 7) is 4.60. The highest BCUT2D eigenvalue weighted by Crippen LogP contribution is 2.29. The fraction of sp³-hybridized carbons (Fsp3) is 0.632. The Balaban J connectivity index is 1.90. The van der Waals surface area contributed by atoms with E-state index in [1.165, 1.54) is 5.56 Å². The summed E-state index contributed by atoms with van der Waals surface area (Å²) >= 11 is 0. The number of nitrogens with zero attached hydrogens (tertiary/aromatic N) is 2. The SMILES string of the molecule is CN=C(NCC(c1ccccc1)C(C)C)NC1CCN(S(=O)(=O)C(F)(F)F)CC1. The van der Waals surface area contributed by atoms with E-state index in [0.29, 0.717) is 22.7 Å². The largest absolute Gasteiger partial charge is 0.511 e. The lowest BCUT2D eigenvalue weighted by Gasteiger charge is -2.33. The van der Waals surface area contributed by atoms with Crippen molar-refractivity contribution in [3.63, 3.8) is 0 Å². The molecule has 1 aliphatic heterocycles. The Kier molecular flexibility index (Phi) is 7.93. The van der Waals surface area contributed by atoms with Crippen molar-refractivity contribution in [1.29, 1.82) is 0 Å². The smallest absolute Gasteiger partial charge is 0.356 e. The van der Waals surface area contributed by atoms with E-state index in [0.717, 1.165) is 0 Å². The number of piperidine rings is 1. The van der Waals surface area contributed by atoms with Crippen molar-refractivity contribution >= 4 is 16.0 Å². The van der Waals surface area contributed by atoms with E-state index in [4.69, 9.17) is 0 Å². The molecule has 6 nitrogen and oxygen atoms in total. The Morgan fingerprint density at radius 2 is 1.79 bits per heavy atom. The summed E-state index contributed by atoms with van der Waals surface area (Å²) in [6.07, 6.45) is 0.560. The van der Waals surface area contributed by atoms with Crippen LogP contribution in [0.3, 0.4) is 0 Å². The molecule has 2 N–H and O–H groups in total. The zero-order chi connectivity index (χ0) is 21.7. The minimum Gasteiger partial charge on any atom is -0.356 e. The standard InChI is InChI=1S/C19H29F3N4O2S/c1-14(2)17(15-7-5-4-6-8-15)13-24-18(23-3)25-16-9-11-26(12-10-16)29(27,28)19(20,21)22/h4-8,14,16-17H,9-13H2,1-3H3,(H2,23,24,25). The predicted octanol–water partition coefficient (Wildman–Crippen LogP) is 2.91. The normalized spacial score (nSPS) is 18.7. The number of sulfonamides is 1. The number of hydrogen-bond acceptors (Lipinski definition) is 3. The van der Waals surface area contributed by atoms with Crippen LogP contribution in [0.2, 0.25) is 0 Å². The second-order valence-corrected chi connectivity index (χ2v) is 9.41. The van der Waals surface area contributed by atoms with E-state index in [9.17, 15) is 21.6 Å². The molecular weight excluding hydrogens is 405 g/mol. The minimum absolute atomic E-state index is 0.143. The summed E-state index contributed by atoms with van der Waals surface area (Å²) in [5, 5.41) is 6.49. The number of hydrogen-bond donors (Lipinski definition) is 2. The van der Waals surface area contributed by atoms with Gasteiger partial charge in [0.15, 0.2) is 5.96 Å². The average Bonchev–Trinajstić information content (AvgIpc) is 2.67. The molecule has 0 aliphatic carbocycles. The van der Waals surface area contributed by atoms with Gasteiger partial charge in [-0.3, -0.25) is 4.99 Å². The summed E-state index contributed by atoms with van der Waals surface area (Å²) in [6, 6.07) is 10.00. The first-order valence-corrected chi connectivity index (χ1v) is 11.1. The van der Waals surface area contributed by atoms with Gasteiger partial charge in [-0.25, -0.2) is 8.42 Å². The Hall–Kier alpha value is -1.81. The first kappa shape index (κ1) is 23.5. The average molecular weight is 435 g/mol. The fourth-order valence-electron chi connectivity index (χ4n) is 3.42. The van der Waals surface area contributed by atoms with Crippen LogP contribution in [0.5, 0.6) is 0 Å². The minimum atomic E-state index is -5.26. The van der Waals surface area contributed by atoms with Crippen molar-refractivity contribution in [1.82, 2.24) is 14.9 Å². The topological polar surface area (TPSA) is 73.8 Å². The Morgan fingerprint density at radius 3 is 2.28 bits per heavy atom. The van der Waals surface area contributed by atoms with Crippen LogP contribution in [0, 0.1) is 5.92 Å². The molecule has 0 spiro atoms. The van der Waals surface area contributed by atoms with E-state index in [-0.39, 0.29) is 37.9 Å². The van der Waals surface area contributed by atoms with Gasteiger partial charge >= 0.3 is 15.5 Å². The van der Waals surface area contributed by atoms with Gasteiger partial charge in [0.05, 0.1) is 0 Å². The first-order chi connectivity index (χ1) is 13.6. The zero-order valence-electron chi connectivity index (χ0n) is 16.9. The third-order valence-corrected chi connectivity index (χ3v) is 6.80. The number of rotatable bonds is 6. The molecule has 1 saturated heterocycles. The van der Waals surface area contributed by atoms with Crippen LogP contribution < -0.4 is 10.6 Å². The maximum atomic E-state index is 12.7. The molecule has 0 saturated carbocycles. The molecule has 1 heterocycles. The molecule has 0 amide bonds. The van der Waals surface area contributed by atoms with Crippen molar-refractivity contribution < 1.29 is 21.6 Å². The predicted molar refractivity (Wildman–Crippen MR) is 108 cm³/mol. The van der Waals surface area contributed by atoms with Gasteiger partial charge < -0.3 is 10.6 Å². The van der Waals surface area contributed by atoms with Gasteiger partial charge in [-0.1, -0.05) is 44.2 Å². The zero-order valence-corrected chi connectivity index (χ0v) is 17.7. The molecule has 164 valence electrons. The van der Waals surface area contributed by atoms with Crippen LogP contribution in [0.25, 0.3) is 0 Å². The molecule has 29 heavy (non-hydrogen) atoms. The maximum absolute atomic E-state index is 12.7. The molecule has 1 aromatic rings. The quantitative estimate of drug-likeness (QED) is 0.533. The third kappa shape index (κ3) is 6.08. The maximum Gasteiger partial charge on any atom is 0.511 e. The molecule has 1 atom stereocenters. The second-order valence-electron chi connectivity index (χ2n) is 7.48. The monoisotopic (exact) mass is 434 g/mol. The van der Waals surface area contributed by atoms with Gasteiger partial charge in [0.25, 0.3) is 0 Å². The van der Waals surface area contributed by atoms with Gasteiger partial charge in [-0.15, -0.1) is 0 Å². The molecule has 1 aliphatic rings. The second kappa shape index (κ2) is 9.80. The molecule has 0 aromatic heterocycles. The molecule has 0 bridgehead atoms. The molecular formula is C19H29F3N4O2S. The van der Waals surface area contributed by atoms with Crippen molar-refractivity contribution in [2.24, 2.45) is 10.9 Å². The molecule has 2 rings (SSSR count). The van der Waals surface area contributed by atoms with E-state index < -0.39 is 15.5 Å². The lowest BCUT2D eigenvalue weighted by molar-refractivity contribution is -0.0494. The lowest BCUT2D eigenvalue weighted by Crippen LogP contribution is -2.52. The van der Waals surface area contributed by atoms with Crippen LogP contribution in [-0.4, -0.2) is 56.9 Å². The van der Waals surface area contributed by atoms with Crippen molar-refractivity contribution in [3.8, 4) is 0 Å². The number of alkyl halides is 3. The Morgan fingerprint density at radius 1 is 1.21 bits per heavy atom. The molecule has 0 radical (unpaired) electrons. The van der Waals surface area contributed by atoms with Crippen LogP contribution in [-0.2, 0) is 10.0 Å². The number of nitrogens with one attached hydrogen (secondary N) is 2. The summed E-state index contributed by atoms with van der Waals surface area (Å²) in [5.74, 6) is 1.23. The fourth-order valence-corrected chi connectivity index (χ4v) is 4.40. The molecule has 1 unspecified atom stereocenters. The van der Waals surface area contributed by atoms with Crippen molar-refractivity contribution in [2.75, 3.05) is 26.7 Å². The first-order valence-electron chi connectivity index (χ1n) is 9.64. The number of guanidine groups is 1. The van der Waals surface area contributed by atoms with Crippen LogP contribution in [0.1, 0.15) is 38.2 Å². The van der Waals surface area contributed by atoms with Gasteiger partial charge in [-0.2, -0.15) is 17.5 Å². The highest BCUT2D eigenvalue weighted by atomic mass is 32.2.